The molecule has 0 bridgehead atoms. The van der Waals surface area contributed by atoms with Crippen molar-refractivity contribution >= 4 is 11.8 Å². The summed E-state index contributed by atoms with van der Waals surface area (Å²) in [6, 6.07) is 9.58. The molecule has 2 amide bonds. The Morgan fingerprint density at radius 2 is 2.00 bits per heavy atom. The summed E-state index contributed by atoms with van der Waals surface area (Å²) in [6.07, 6.45) is 4.72. The second-order valence-electron chi connectivity index (χ2n) is 5.48. The van der Waals surface area contributed by atoms with Gasteiger partial charge in [0.15, 0.2) is 0 Å². The molecule has 1 aromatic carbocycles. The first-order chi connectivity index (χ1) is 10.7. The van der Waals surface area contributed by atoms with Crippen LogP contribution in [0.15, 0.2) is 42.9 Å². The fraction of sp³-hybridized carbons (Fsp3) is 0.312. The molecule has 114 valence electrons. The van der Waals surface area contributed by atoms with Gasteiger partial charge in [-0.05, 0) is 25.0 Å². The van der Waals surface area contributed by atoms with Crippen molar-refractivity contribution in [2.75, 3.05) is 13.1 Å². The van der Waals surface area contributed by atoms with Gasteiger partial charge in [0.25, 0.3) is 5.91 Å². The van der Waals surface area contributed by atoms with E-state index in [2.05, 4.69) is 4.98 Å². The number of carbonyl (C=O) groups is 2. The monoisotopic (exact) mass is 298 g/mol. The van der Waals surface area contributed by atoms with Crippen LogP contribution in [0.25, 0.3) is 5.69 Å². The SMILES string of the molecule is NC(=O)C1CCCN(C(=O)c2cncn2-c2ccccc2)C1. The number of rotatable bonds is 3. The van der Waals surface area contributed by atoms with E-state index in [1.807, 2.05) is 30.3 Å². The van der Waals surface area contributed by atoms with Gasteiger partial charge in [0.05, 0.1) is 18.4 Å². The summed E-state index contributed by atoms with van der Waals surface area (Å²) >= 11 is 0. The molecule has 1 aromatic heterocycles. The normalized spacial score (nSPS) is 18.2. The van der Waals surface area contributed by atoms with E-state index in [4.69, 9.17) is 5.73 Å². The lowest BCUT2D eigenvalue weighted by molar-refractivity contribution is -0.123. The molecule has 6 nitrogen and oxygen atoms in total. The van der Waals surface area contributed by atoms with E-state index in [0.29, 0.717) is 18.8 Å². The zero-order chi connectivity index (χ0) is 15.5. The molecule has 2 aromatic rings. The number of imidazole rings is 1. The summed E-state index contributed by atoms with van der Waals surface area (Å²) in [5, 5.41) is 0. The van der Waals surface area contributed by atoms with E-state index < -0.39 is 0 Å². The summed E-state index contributed by atoms with van der Waals surface area (Å²) in [5.74, 6) is -0.716. The molecule has 1 aliphatic heterocycles. The van der Waals surface area contributed by atoms with Crippen LogP contribution in [0.1, 0.15) is 23.3 Å². The molecule has 1 saturated heterocycles. The Morgan fingerprint density at radius 3 is 2.73 bits per heavy atom. The Balaban J connectivity index is 1.84. The summed E-state index contributed by atoms with van der Waals surface area (Å²) < 4.78 is 1.76. The molecule has 2 N–H and O–H groups in total. The van der Waals surface area contributed by atoms with Crippen molar-refractivity contribution in [2.45, 2.75) is 12.8 Å². The Hall–Kier alpha value is -2.63. The van der Waals surface area contributed by atoms with Crippen LogP contribution in [0.2, 0.25) is 0 Å². The lowest BCUT2D eigenvalue weighted by Crippen LogP contribution is -2.44. The Labute approximate surface area is 128 Å². The third kappa shape index (κ3) is 2.72. The lowest BCUT2D eigenvalue weighted by Gasteiger charge is -2.31. The molecule has 1 atom stereocenters. The fourth-order valence-corrected chi connectivity index (χ4v) is 2.80. The van der Waals surface area contributed by atoms with Crippen molar-refractivity contribution in [2.24, 2.45) is 11.7 Å². The number of nitrogens with zero attached hydrogens (tertiary/aromatic N) is 3. The molecule has 1 aliphatic rings. The highest BCUT2D eigenvalue weighted by Gasteiger charge is 2.29. The van der Waals surface area contributed by atoms with Gasteiger partial charge in [0.1, 0.15) is 5.69 Å². The minimum atomic E-state index is -0.339. The van der Waals surface area contributed by atoms with Gasteiger partial charge in [0.2, 0.25) is 5.91 Å². The van der Waals surface area contributed by atoms with Crippen molar-refractivity contribution in [3.05, 3.63) is 48.5 Å². The number of benzene rings is 1. The Bertz CT molecular complexity index is 680. The maximum atomic E-state index is 12.7. The van der Waals surface area contributed by atoms with Crippen molar-refractivity contribution in [3.8, 4) is 5.69 Å². The quantitative estimate of drug-likeness (QED) is 0.924. The van der Waals surface area contributed by atoms with Gasteiger partial charge in [-0.1, -0.05) is 18.2 Å². The van der Waals surface area contributed by atoms with Gasteiger partial charge in [-0.3, -0.25) is 14.2 Å². The lowest BCUT2D eigenvalue weighted by atomic mass is 9.97. The van der Waals surface area contributed by atoms with Crippen LogP contribution in [0.4, 0.5) is 0 Å². The topological polar surface area (TPSA) is 81.2 Å². The van der Waals surface area contributed by atoms with Gasteiger partial charge in [0, 0.05) is 18.8 Å². The third-order valence-electron chi connectivity index (χ3n) is 4.00. The zero-order valence-electron chi connectivity index (χ0n) is 12.2. The standard InChI is InChI=1S/C16H18N4O2/c17-15(21)12-5-4-8-19(10-12)16(22)14-9-18-11-20(14)13-6-2-1-3-7-13/h1-3,6-7,9,11-12H,4-5,8,10H2,(H2,17,21). The molecule has 1 fully saturated rings. The van der Waals surface area contributed by atoms with Gasteiger partial charge in [-0.2, -0.15) is 0 Å². The van der Waals surface area contributed by atoms with Crippen LogP contribution in [-0.4, -0.2) is 39.4 Å². The number of amides is 2. The molecule has 0 spiro atoms. The first kappa shape index (κ1) is 14.3. The predicted molar refractivity (Wildman–Crippen MR) is 81.4 cm³/mol. The Morgan fingerprint density at radius 1 is 1.23 bits per heavy atom. The Kier molecular flexibility index (Phi) is 3.91. The summed E-state index contributed by atoms with van der Waals surface area (Å²) in [6.45, 7) is 1.02. The minimum Gasteiger partial charge on any atom is -0.369 e. The van der Waals surface area contributed by atoms with Crippen LogP contribution in [-0.2, 0) is 4.79 Å². The third-order valence-corrected chi connectivity index (χ3v) is 4.00. The number of para-hydroxylation sites is 1. The zero-order valence-corrected chi connectivity index (χ0v) is 12.2. The van der Waals surface area contributed by atoms with Crippen LogP contribution < -0.4 is 5.73 Å². The first-order valence-electron chi connectivity index (χ1n) is 7.33. The maximum Gasteiger partial charge on any atom is 0.272 e. The van der Waals surface area contributed by atoms with E-state index in [-0.39, 0.29) is 17.7 Å². The van der Waals surface area contributed by atoms with Crippen molar-refractivity contribution in [3.63, 3.8) is 0 Å². The second kappa shape index (κ2) is 6.01. The fourth-order valence-electron chi connectivity index (χ4n) is 2.80. The van der Waals surface area contributed by atoms with E-state index in [0.717, 1.165) is 18.5 Å². The van der Waals surface area contributed by atoms with Crippen LogP contribution in [0.5, 0.6) is 0 Å². The van der Waals surface area contributed by atoms with E-state index in [9.17, 15) is 9.59 Å². The first-order valence-corrected chi connectivity index (χ1v) is 7.33. The average Bonchev–Trinajstić information content (AvgIpc) is 3.04. The van der Waals surface area contributed by atoms with Crippen LogP contribution >= 0.6 is 0 Å². The maximum absolute atomic E-state index is 12.7. The van der Waals surface area contributed by atoms with Crippen LogP contribution in [0, 0.1) is 5.92 Å². The number of carbonyl (C=O) groups excluding carboxylic acids is 2. The molecule has 0 aliphatic carbocycles. The van der Waals surface area contributed by atoms with Crippen molar-refractivity contribution < 1.29 is 9.59 Å². The number of aromatic nitrogens is 2. The number of hydrogen-bond acceptors (Lipinski definition) is 3. The smallest absolute Gasteiger partial charge is 0.272 e. The van der Waals surface area contributed by atoms with Crippen molar-refractivity contribution in [1.82, 2.24) is 14.5 Å². The summed E-state index contributed by atoms with van der Waals surface area (Å²) in [4.78, 5) is 29.9. The molecule has 2 heterocycles. The highest BCUT2D eigenvalue weighted by molar-refractivity contribution is 5.93. The van der Waals surface area contributed by atoms with Gasteiger partial charge < -0.3 is 10.6 Å². The van der Waals surface area contributed by atoms with Crippen LogP contribution in [0.3, 0.4) is 0 Å². The molecular formula is C16H18N4O2. The molecule has 22 heavy (non-hydrogen) atoms. The van der Waals surface area contributed by atoms with Gasteiger partial charge >= 0.3 is 0 Å². The number of hydrogen-bond donors (Lipinski definition) is 1. The molecular weight excluding hydrogens is 280 g/mol. The van der Waals surface area contributed by atoms with Crippen molar-refractivity contribution in [1.29, 1.82) is 0 Å². The number of nitrogens with two attached hydrogens (primary N) is 1. The summed E-state index contributed by atoms with van der Waals surface area (Å²) in [7, 11) is 0. The molecule has 0 saturated carbocycles. The van der Waals surface area contributed by atoms with Gasteiger partial charge in [-0.25, -0.2) is 4.98 Å². The molecule has 1 unspecified atom stereocenters. The highest BCUT2D eigenvalue weighted by atomic mass is 16.2. The number of piperidine rings is 1. The largest absolute Gasteiger partial charge is 0.369 e. The molecule has 6 heteroatoms. The average molecular weight is 298 g/mol. The van der Waals surface area contributed by atoms with E-state index in [1.54, 1.807) is 22.0 Å². The minimum absolute atomic E-state index is 0.118. The highest BCUT2D eigenvalue weighted by Crippen LogP contribution is 2.19. The summed E-state index contributed by atoms with van der Waals surface area (Å²) in [5.41, 5.74) is 6.75. The molecule has 0 radical (unpaired) electrons. The number of primary amides is 1. The number of likely N-dealkylation sites (tertiary alicyclic amines) is 1. The predicted octanol–water partition coefficient (Wildman–Crippen LogP) is 1.21. The van der Waals surface area contributed by atoms with E-state index >= 15 is 0 Å². The molecule has 3 rings (SSSR count). The second-order valence-corrected chi connectivity index (χ2v) is 5.48. The van der Waals surface area contributed by atoms with Gasteiger partial charge in [-0.15, -0.1) is 0 Å². The van der Waals surface area contributed by atoms with E-state index in [1.165, 1.54) is 0 Å².